The van der Waals surface area contributed by atoms with E-state index in [1.807, 2.05) is 22.8 Å². The normalized spacial score (nSPS) is 19.6. The second kappa shape index (κ2) is 4.54. The Bertz CT molecular complexity index is 659. The largest absolute Gasteiger partial charge is 0.312 e. The molecular formula is C15H16BrNO. The van der Waals surface area contributed by atoms with Crippen LogP contribution < -0.4 is 5.56 Å². The van der Waals surface area contributed by atoms with E-state index >= 15 is 0 Å². The van der Waals surface area contributed by atoms with Gasteiger partial charge in [0, 0.05) is 22.1 Å². The first kappa shape index (κ1) is 12.0. The average Bonchev–Trinajstić information content (AvgIpc) is 2.52. The van der Waals surface area contributed by atoms with Gasteiger partial charge in [0.05, 0.1) is 0 Å². The van der Waals surface area contributed by atoms with Crippen LogP contribution in [0.2, 0.25) is 0 Å². The number of halogens is 1. The molecule has 3 rings (SSSR count). The summed E-state index contributed by atoms with van der Waals surface area (Å²) in [5.41, 5.74) is 1.36. The Morgan fingerprint density at radius 1 is 1.28 bits per heavy atom. The molecule has 1 aliphatic rings. The fourth-order valence-corrected chi connectivity index (χ4v) is 3.10. The first-order chi connectivity index (χ1) is 8.65. The molecule has 1 aromatic heterocycles. The topological polar surface area (TPSA) is 22.0 Å². The Labute approximate surface area is 115 Å². The van der Waals surface area contributed by atoms with Gasteiger partial charge in [-0.25, -0.2) is 0 Å². The number of rotatable bonds is 0. The summed E-state index contributed by atoms with van der Waals surface area (Å²) in [6, 6.07) is 8.07. The molecule has 94 valence electrons. The minimum atomic E-state index is 0.170. The molecule has 2 heterocycles. The fourth-order valence-electron chi connectivity index (χ4n) is 2.72. The molecule has 0 saturated carbocycles. The van der Waals surface area contributed by atoms with Crippen molar-refractivity contribution in [2.75, 3.05) is 0 Å². The maximum absolute atomic E-state index is 12.5. The summed E-state index contributed by atoms with van der Waals surface area (Å²) in [5.74, 6) is 0.708. The van der Waals surface area contributed by atoms with Crippen LogP contribution in [0.3, 0.4) is 0 Å². The molecule has 2 aromatic rings. The average molecular weight is 306 g/mol. The van der Waals surface area contributed by atoms with Crippen LogP contribution in [0, 0.1) is 5.92 Å². The van der Waals surface area contributed by atoms with Crippen molar-refractivity contribution in [2.24, 2.45) is 5.92 Å². The monoisotopic (exact) mass is 305 g/mol. The number of aromatic nitrogens is 1. The van der Waals surface area contributed by atoms with Crippen LogP contribution >= 0.6 is 15.9 Å². The highest BCUT2D eigenvalue weighted by atomic mass is 79.9. The van der Waals surface area contributed by atoms with Gasteiger partial charge in [-0.2, -0.15) is 0 Å². The van der Waals surface area contributed by atoms with Gasteiger partial charge in [0.15, 0.2) is 0 Å². The van der Waals surface area contributed by atoms with Gasteiger partial charge in [0.2, 0.25) is 0 Å². The third kappa shape index (κ3) is 2.01. The molecule has 18 heavy (non-hydrogen) atoms. The first-order valence-electron chi connectivity index (χ1n) is 6.47. The van der Waals surface area contributed by atoms with Gasteiger partial charge in [-0.05, 0) is 54.8 Å². The third-order valence-electron chi connectivity index (χ3n) is 3.90. The maximum Gasteiger partial charge on any atom is 0.258 e. The van der Waals surface area contributed by atoms with Crippen LogP contribution in [0.4, 0.5) is 0 Å². The van der Waals surface area contributed by atoms with E-state index < -0.39 is 0 Å². The molecule has 0 fully saturated rings. The van der Waals surface area contributed by atoms with Crippen molar-refractivity contribution >= 4 is 26.7 Å². The van der Waals surface area contributed by atoms with E-state index in [2.05, 4.69) is 28.9 Å². The molecule has 1 aliphatic heterocycles. The van der Waals surface area contributed by atoms with Crippen LogP contribution in [-0.4, -0.2) is 4.57 Å². The molecule has 0 amide bonds. The lowest BCUT2D eigenvalue weighted by Crippen LogP contribution is -2.22. The molecule has 0 saturated heterocycles. The van der Waals surface area contributed by atoms with E-state index in [0.29, 0.717) is 5.92 Å². The maximum atomic E-state index is 12.5. The van der Waals surface area contributed by atoms with E-state index in [0.717, 1.165) is 34.6 Å². The lowest BCUT2D eigenvalue weighted by Gasteiger charge is -2.11. The van der Waals surface area contributed by atoms with Crippen molar-refractivity contribution in [1.29, 1.82) is 0 Å². The molecule has 2 nitrogen and oxygen atoms in total. The van der Waals surface area contributed by atoms with Crippen LogP contribution in [0.5, 0.6) is 0 Å². The van der Waals surface area contributed by atoms with Crippen LogP contribution in [0.15, 0.2) is 33.5 Å². The second-order valence-electron chi connectivity index (χ2n) is 5.26. The van der Waals surface area contributed by atoms with Crippen molar-refractivity contribution in [3.05, 3.63) is 44.8 Å². The Morgan fingerprint density at radius 3 is 2.94 bits per heavy atom. The second-order valence-corrected chi connectivity index (χ2v) is 6.17. The number of pyridine rings is 1. The standard InChI is InChI=1S/C15H16BrNO/c1-10-2-4-13-9-11-8-12(16)3-5-14(11)15(18)17(13)7-6-10/h3,5,8-10H,2,4,6-7H2,1H3. The first-order valence-corrected chi connectivity index (χ1v) is 7.26. The van der Waals surface area contributed by atoms with E-state index in [9.17, 15) is 4.79 Å². The molecule has 0 bridgehead atoms. The van der Waals surface area contributed by atoms with E-state index in [1.54, 1.807) is 0 Å². The predicted molar refractivity (Wildman–Crippen MR) is 78.0 cm³/mol. The molecule has 1 atom stereocenters. The van der Waals surface area contributed by atoms with Crippen molar-refractivity contribution in [3.63, 3.8) is 0 Å². The minimum Gasteiger partial charge on any atom is -0.312 e. The summed E-state index contributed by atoms with van der Waals surface area (Å²) in [7, 11) is 0. The number of fused-ring (bicyclic) bond motifs is 2. The summed E-state index contributed by atoms with van der Waals surface area (Å²) in [6.07, 6.45) is 3.30. The highest BCUT2D eigenvalue weighted by Gasteiger charge is 2.15. The quantitative estimate of drug-likeness (QED) is 0.727. The highest BCUT2D eigenvalue weighted by Crippen LogP contribution is 2.23. The van der Waals surface area contributed by atoms with Crippen molar-refractivity contribution in [3.8, 4) is 0 Å². The SMILES string of the molecule is CC1CCc2cc3cc(Br)ccc3c(=O)n2CC1. The van der Waals surface area contributed by atoms with Gasteiger partial charge in [0.25, 0.3) is 5.56 Å². The summed E-state index contributed by atoms with van der Waals surface area (Å²) in [4.78, 5) is 12.5. The van der Waals surface area contributed by atoms with E-state index in [-0.39, 0.29) is 5.56 Å². The van der Waals surface area contributed by atoms with E-state index in [1.165, 1.54) is 12.1 Å². The van der Waals surface area contributed by atoms with Crippen molar-refractivity contribution < 1.29 is 0 Å². The molecule has 1 aromatic carbocycles. The molecule has 0 radical (unpaired) electrons. The Kier molecular flexibility index (Phi) is 3.02. The van der Waals surface area contributed by atoms with Gasteiger partial charge in [0.1, 0.15) is 0 Å². The molecule has 0 N–H and O–H groups in total. The van der Waals surface area contributed by atoms with Crippen LogP contribution in [0.1, 0.15) is 25.5 Å². The van der Waals surface area contributed by atoms with Gasteiger partial charge in [-0.3, -0.25) is 4.79 Å². The fraction of sp³-hybridized carbons (Fsp3) is 0.400. The number of benzene rings is 1. The van der Waals surface area contributed by atoms with Gasteiger partial charge in [-0.15, -0.1) is 0 Å². The van der Waals surface area contributed by atoms with Gasteiger partial charge in [-0.1, -0.05) is 22.9 Å². The zero-order chi connectivity index (χ0) is 12.7. The van der Waals surface area contributed by atoms with Crippen molar-refractivity contribution in [2.45, 2.75) is 32.7 Å². The number of aryl methyl sites for hydroxylation is 1. The van der Waals surface area contributed by atoms with Gasteiger partial charge >= 0.3 is 0 Å². The Hall–Kier alpha value is -1.09. The smallest absolute Gasteiger partial charge is 0.258 e. The highest BCUT2D eigenvalue weighted by molar-refractivity contribution is 9.10. The summed E-state index contributed by atoms with van der Waals surface area (Å²) < 4.78 is 3.00. The molecule has 1 unspecified atom stereocenters. The molecule has 0 aliphatic carbocycles. The lowest BCUT2D eigenvalue weighted by molar-refractivity contribution is 0.484. The molecule has 0 spiro atoms. The zero-order valence-electron chi connectivity index (χ0n) is 10.4. The molecular weight excluding hydrogens is 290 g/mol. The minimum absolute atomic E-state index is 0.170. The zero-order valence-corrected chi connectivity index (χ0v) is 12.0. The summed E-state index contributed by atoms with van der Waals surface area (Å²) >= 11 is 3.47. The van der Waals surface area contributed by atoms with Crippen LogP contribution in [-0.2, 0) is 13.0 Å². The third-order valence-corrected chi connectivity index (χ3v) is 4.39. The number of nitrogens with zero attached hydrogens (tertiary/aromatic N) is 1. The van der Waals surface area contributed by atoms with Crippen LogP contribution in [0.25, 0.3) is 10.8 Å². The Morgan fingerprint density at radius 2 is 2.11 bits per heavy atom. The molecule has 3 heteroatoms. The Balaban J connectivity index is 2.26. The lowest BCUT2D eigenvalue weighted by atomic mass is 10.0. The predicted octanol–water partition coefficient (Wildman–Crippen LogP) is 3.74. The summed E-state index contributed by atoms with van der Waals surface area (Å²) in [6.45, 7) is 3.13. The number of hydrogen-bond acceptors (Lipinski definition) is 1. The van der Waals surface area contributed by atoms with E-state index in [4.69, 9.17) is 0 Å². The van der Waals surface area contributed by atoms with Crippen molar-refractivity contribution in [1.82, 2.24) is 4.57 Å². The summed E-state index contributed by atoms with van der Waals surface area (Å²) in [5, 5.41) is 1.88. The van der Waals surface area contributed by atoms with Gasteiger partial charge < -0.3 is 4.57 Å². The number of hydrogen-bond donors (Lipinski definition) is 0.